The number of primary amides is 1. The molecule has 0 atom stereocenters. The molecule has 26 heavy (non-hydrogen) atoms. The van der Waals surface area contributed by atoms with Crippen LogP contribution in [0, 0.1) is 0 Å². The molecule has 5 nitrogen and oxygen atoms in total. The van der Waals surface area contributed by atoms with Crippen molar-refractivity contribution in [3.05, 3.63) is 59.5 Å². The van der Waals surface area contributed by atoms with Crippen LogP contribution < -0.4 is 11.3 Å². The summed E-state index contributed by atoms with van der Waals surface area (Å²) >= 11 is 2.54. The lowest BCUT2D eigenvalue weighted by atomic mass is 10.2. The number of hydrogen-bond acceptors (Lipinski definition) is 5. The van der Waals surface area contributed by atoms with E-state index in [1.807, 2.05) is 38.3 Å². The topological polar surface area (TPSA) is 78.0 Å². The van der Waals surface area contributed by atoms with Gasteiger partial charge < -0.3 is 5.73 Å². The van der Waals surface area contributed by atoms with Gasteiger partial charge in [0.1, 0.15) is 5.03 Å². The summed E-state index contributed by atoms with van der Waals surface area (Å²) < 4.78 is 1.49. The summed E-state index contributed by atoms with van der Waals surface area (Å²) in [5, 5.41) is 1.09. The van der Waals surface area contributed by atoms with E-state index in [2.05, 4.69) is 18.1 Å². The second-order valence-electron chi connectivity index (χ2n) is 4.87. The van der Waals surface area contributed by atoms with Crippen LogP contribution in [-0.4, -0.2) is 27.5 Å². The highest BCUT2D eigenvalue weighted by atomic mass is 32.2. The van der Waals surface area contributed by atoms with E-state index in [1.54, 1.807) is 18.2 Å². The van der Waals surface area contributed by atoms with E-state index < -0.39 is 5.91 Å². The maximum Gasteiger partial charge on any atom is 0.262 e. The highest BCUT2D eigenvalue weighted by Gasteiger charge is 2.14. The quantitative estimate of drug-likeness (QED) is 0.298. The first-order valence-corrected chi connectivity index (χ1v) is 10.2. The second kappa shape index (κ2) is 14.2. The molecule has 1 aromatic rings. The first kappa shape index (κ1) is 24.0. The van der Waals surface area contributed by atoms with Crippen LogP contribution in [0.4, 0.5) is 0 Å². The molecule has 2 N–H and O–H groups in total. The second-order valence-corrected chi connectivity index (χ2v) is 6.61. The minimum Gasteiger partial charge on any atom is -0.369 e. The van der Waals surface area contributed by atoms with Gasteiger partial charge in [-0.25, -0.2) is 4.98 Å². The Morgan fingerprint density at radius 3 is 2.38 bits per heavy atom. The number of carbonyl (C=O) groups is 1. The van der Waals surface area contributed by atoms with E-state index in [0.29, 0.717) is 28.7 Å². The van der Waals surface area contributed by atoms with Crippen molar-refractivity contribution in [2.45, 2.75) is 37.0 Å². The van der Waals surface area contributed by atoms with Crippen LogP contribution in [0.1, 0.15) is 25.8 Å². The molecule has 0 radical (unpaired) electrons. The number of allylic oxidation sites excluding steroid dienone is 5. The summed E-state index contributed by atoms with van der Waals surface area (Å²) in [6, 6.07) is 0. The van der Waals surface area contributed by atoms with Crippen molar-refractivity contribution < 1.29 is 4.79 Å². The van der Waals surface area contributed by atoms with Crippen molar-refractivity contribution >= 4 is 35.5 Å². The van der Waals surface area contributed by atoms with Crippen molar-refractivity contribution in [2.24, 2.45) is 5.73 Å². The van der Waals surface area contributed by atoms with Crippen LogP contribution in [0.25, 0.3) is 6.08 Å². The first-order valence-electron chi connectivity index (χ1n) is 8.02. The summed E-state index contributed by atoms with van der Waals surface area (Å²) in [4.78, 5) is 28.1. The minimum absolute atomic E-state index is 0.0725. The lowest BCUT2D eigenvalue weighted by Gasteiger charge is -2.12. The average molecular weight is 394 g/mol. The number of aromatic nitrogens is 2. The molecule has 7 heteroatoms. The molecule has 142 valence electrons. The maximum atomic E-state index is 12.7. The third kappa shape index (κ3) is 8.40. The lowest BCUT2D eigenvalue weighted by molar-refractivity contribution is -0.115. The average Bonchev–Trinajstić information content (AvgIpc) is 2.63. The smallest absolute Gasteiger partial charge is 0.262 e. The van der Waals surface area contributed by atoms with Crippen LogP contribution in [0.3, 0.4) is 0 Å². The predicted octanol–water partition coefficient (Wildman–Crippen LogP) is 3.90. The molecule has 0 spiro atoms. The van der Waals surface area contributed by atoms with Crippen molar-refractivity contribution in [1.29, 1.82) is 0 Å². The highest BCUT2D eigenvalue weighted by Crippen LogP contribution is 2.22. The Balaban J connectivity index is 0.00000141. The molecule has 0 saturated heterocycles. The molecule has 1 heterocycles. The van der Waals surface area contributed by atoms with Gasteiger partial charge in [-0.3, -0.25) is 14.2 Å². The number of thioether (sulfide) groups is 2. The highest BCUT2D eigenvalue weighted by molar-refractivity contribution is 8.00. The Labute approximate surface area is 164 Å². The summed E-state index contributed by atoms with van der Waals surface area (Å²) in [7, 11) is 0. The molecule has 1 aromatic heterocycles. The van der Waals surface area contributed by atoms with Gasteiger partial charge in [0, 0.05) is 6.54 Å². The fourth-order valence-corrected chi connectivity index (χ4v) is 3.00. The first-order chi connectivity index (χ1) is 12.5. The molecular formula is C19H27N3O2S2. The fourth-order valence-electron chi connectivity index (χ4n) is 1.65. The standard InChI is InChI=1S/C15H19N3O2S2.C4H8/c1-4-6-7-8-11-13(21-3)17-15(22-10-12(16)19)18(9-5-2)14(11)20;1-3-4-2/h4-5,7-8H,1-2,6,9-10H2,3H3,(H2,16,19);3-4H,1-2H3/b8-7+;4-3-. The zero-order valence-electron chi connectivity index (χ0n) is 15.6. The normalized spacial score (nSPS) is 10.6. The molecule has 0 aliphatic heterocycles. The van der Waals surface area contributed by atoms with Gasteiger partial charge in [-0.05, 0) is 26.5 Å². The molecule has 0 aliphatic rings. The number of nitrogens with zero attached hydrogens (tertiary/aromatic N) is 2. The van der Waals surface area contributed by atoms with Crippen LogP contribution in [0.5, 0.6) is 0 Å². The number of hydrogen-bond donors (Lipinski definition) is 1. The summed E-state index contributed by atoms with van der Waals surface area (Å²) in [6.45, 7) is 11.6. The van der Waals surface area contributed by atoms with Gasteiger partial charge in [0.25, 0.3) is 5.56 Å². The SMILES string of the molecule is C/C=C\C.C=CC/C=C/c1c(SC)nc(SCC(N)=O)n(CC=C)c1=O. The zero-order chi connectivity index (χ0) is 19.9. The zero-order valence-corrected chi connectivity index (χ0v) is 17.2. The van der Waals surface area contributed by atoms with Crippen LogP contribution in [-0.2, 0) is 11.3 Å². The molecule has 0 unspecified atom stereocenters. The van der Waals surface area contributed by atoms with E-state index in [9.17, 15) is 9.59 Å². The molecule has 0 aromatic carbocycles. The molecule has 0 fully saturated rings. The van der Waals surface area contributed by atoms with Gasteiger partial charge in [0.2, 0.25) is 5.91 Å². The molecule has 1 rings (SSSR count). The molecule has 1 amide bonds. The number of nitrogens with two attached hydrogens (primary N) is 1. The van der Waals surface area contributed by atoms with Crippen LogP contribution >= 0.6 is 23.5 Å². The van der Waals surface area contributed by atoms with Gasteiger partial charge >= 0.3 is 0 Å². The summed E-state index contributed by atoms with van der Waals surface area (Å²) in [5.74, 6) is -0.381. The largest absolute Gasteiger partial charge is 0.369 e. The van der Waals surface area contributed by atoms with Crippen LogP contribution in [0.15, 0.2) is 58.5 Å². The predicted molar refractivity (Wildman–Crippen MR) is 115 cm³/mol. The van der Waals surface area contributed by atoms with E-state index in [1.165, 1.54) is 16.3 Å². The molecule has 0 saturated carbocycles. The van der Waals surface area contributed by atoms with Crippen molar-refractivity contribution in [3.63, 3.8) is 0 Å². The minimum atomic E-state index is -0.454. The molecule has 0 bridgehead atoms. The van der Waals surface area contributed by atoms with E-state index >= 15 is 0 Å². The van der Waals surface area contributed by atoms with Gasteiger partial charge in [0.15, 0.2) is 5.16 Å². The van der Waals surface area contributed by atoms with E-state index in [-0.39, 0.29) is 11.3 Å². The number of amides is 1. The summed E-state index contributed by atoms with van der Waals surface area (Å²) in [5.41, 5.74) is 5.53. The third-order valence-corrected chi connectivity index (χ3v) is 4.60. The van der Waals surface area contributed by atoms with E-state index in [0.717, 1.165) is 11.8 Å². The number of carbonyl (C=O) groups excluding carboxylic acids is 1. The molecular weight excluding hydrogens is 366 g/mol. The van der Waals surface area contributed by atoms with Gasteiger partial charge in [-0.1, -0.05) is 48.2 Å². The lowest BCUT2D eigenvalue weighted by Crippen LogP contribution is -2.26. The monoisotopic (exact) mass is 393 g/mol. The van der Waals surface area contributed by atoms with Gasteiger partial charge in [0.05, 0.1) is 11.3 Å². The Kier molecular flexibility index (Phi) is 13.1. The maximum absolute atomic E-state index is 12.7. The molecule has 0 aliphatic carbocycles. The fraction of sp³-hybridized carbons (Fsp3) is 0.316. The van der Waals surface area contributed by atoms with Gasteiger partial charge in [-0.2, -0.15) is 0 Å². The van der Waals surface area contributed by atoms with Crippen molar-refractivity contribution in [1.82, 2.24) is 9.55 Å². The van der Waals surface area contributed by atoms with Gasteiger partial charge in [-0.15, -0.1) is 24.9 Å². The Bertz CT molecular complexity index is 718. The van der Waals surface area contributed by atoms with E-state index in [4.69, 9.17) is 5.73 Å². The Morgan fingerprint density at radius 1 is 1.27 bits per heavy atom. The van der Waals surface area contributed by atoms with Crippen molar-refractivity contribution in [2.75, 3.05) is 12.0 Å². The number of rotatable bonds is 9. The Morgan fingerprint density at radius 2 is 1.92 bits per heavy atom. The third-order valence-electron chi connectivity index (χ3n) is 2.90. The van der Waals surface area contributed by atoms with Crippen molar-refractivity contribution in [3.8, 4) is 0 Å². The Hall–Kier alpha value is -1.99. The summed E-state index contributed by atoms with van der Waals surface area (Å²) in [6.07, 6.45) is 13.5. The van der Waals surface area contributed by atoms with Crippen LogP contribution in [0.2, 0.25) is 0 Å².